The van der Waals surface area contributed by atoms with Gasteiger partial charge in [0, 0.05) is 13.1 Å². The Balaban J connectivity index is 2.11. The van der Waals surface area contributed by atoms with Crippen LogP contribution in [-0.4, -0.2) is 38.6 Å². The average molecular weight is 240 g/mol. The molecule has 0 saturated heterocycles. The van der Waals surface area contributed by atoms with Gasteiger partial charge in [-0.15, -0.1) is 0 Å². The van der Waals surface area contributed by atoms with Crippen molar-refractivity contribution in [3.63, 3.8) is 0 Å². The van der Waals surface area contributed by atoms with Crippen LogP contribution in [0.4, 0.5) is 0 Å². The summed E-state index contributed by atoms with van der Waals surface area (Å²) in [5.74, 6) is 1.87. The molecule has 0 aromatic heterocycles. The molecule has 0 aromatic rings. The Bertz CT molecular complexity index is 197. The molecule has 1 aliphatic rings. The summed E-state index contributed by atoms with van der Waals surface area (Å²) in [4.78, 5) is 2.24. The molecule has 1 N–H and O–H groups in total. The Morgan fingerprint density at radius 2 is 1.65 bits per heavy atom. The molecule has 1 fully saturated rings. The smallest absolute Gasteiger partial charge is 0.0101 e. The third-order valence-corrected chi connectivity index (χ3v) is 4.24. The Labute approximate surface area is 108 Å². The normalized spacial score (nSPS) is 26.5. The largest absolute Gasteiger partial charge is 0.315 e. The van der Waals surface area contributed by atoms with E-state index in [2.05, 4.69) is 45.1 Å². The van der Waals surface area contributed by atoms with Crippen LogP contribution in [0.15, 0.2) is 0 Å². The fraction of sp³-hybridized carbons (Fsp3) is 1.00. The molecular formula is C15H32N2. The fourth-order valence-electron chi connectivity index (χ4n) is 2.84. The minimum absolute atomic E-state index is 0.517. The zero-order chi connectivity index (χ0) is 12.9. The molecule has 102 valence electrons. The van der Waals surface area contributed by atoms with Gasteiger partial charge in [0.25, 0.3) is 0 Å². The van der Waals surface area contributed by atoms with E-state index in [1.165, 1.54) is 32.2 Å². The maximum Gasteiger partial charge on any atom is 0.0101 e. The first-order valence-electron chi connectivity index (χ1n) is 7.25. The predicted molar refractivity (Wildman–Crippen MR) is 76.3 cm³/mol. The van der Waals surface area contributed by atoms with Crippen molar-refractivity contribution in [2.75, 3.05) is 33.7 Å². The van der Waals surface area contributed by atoms with Crippen LogP contribution in [0.25, 0.3) is 0 Å². The molecule has 1 saturated carbocycles. The standard InChI is InChI=1S/C15H32N2/c1-15(2,3)14-8-6-13(7-9-14)12-16-10-11-17(4)5/h13-14,16H,6-12H2,1-5H3. The summed E-state index contributed by atoms with van der Waals surface area (Å²) in [5.41, 5.74) is 0.517. The van der Waals surface area contributed by atoms with E-state index in [-0.39, 0.29) is 0 Å². The van der Waals surface area contributed by atoms with Crippen LogP contribution in [0, 0.1) is 17.3 Å². The Morgan fingerprint density at radius 3 is 2.12 bits per heavy atom. The molecule has 0 heterocycles. The van der Waals surface area contributed by atoms with E-state index in [9.17, 15) is 0 Å². The highest BCUT2D eigenvalue weighted by molar-refractivity contribution is 4.81. The van der Waals surface area contributed by atoms with Gasteiger partial charge in [0.05, 0.1) is 0 Å². The highest BCUT2D eigenvalue weighted by Crippen LogP contribution is 2.39. The first kappa shape index (κ1) is 15.0. The summed E-state index contributed by atoms with van der Waals surface area (Å²) in [7, 11) is 4.27. The molecule has 0 radical (unpaired) electrons. The van der Waals surface area contributed by atoms with Gasteiger partial charge in [0.15, 0.2) is 0 Å². The van der Waals surface area contributed by atoms with E-state index < -0.39 is 0 Å². The van der Waals surface area contributed by atoms with Crippen molar-refractivity contribution in [1.29, 1.82) is 0 Å². The SMILES string of the molecule is CN(C)CCNCC1CCC(C(C)(C)C)CC1. The van der Waals surface area contributed by atoms with Crippen LogP contribution in [0.1, 0.15) is 46.5 Å². The first-order valence-corrected chi connectivity index (χ1v) is 7.25. The quantitative estimate of drug-likeness (QED) is 0.743. The van der Waals surface area contributed by atoms with Crippen molar-refractivity contribution in [2.24, 2.45) is 17.3 Å². The zero-order valence-electron chi connectivity index (χ0n) is 12.6. The summed E-state index contributed by atoms with van der Waals surface area (Å²) >= 11 is 0. The molecule has 0 bridgehead atoms. The molecule has 0 amide bonds. The van der Waals surface area contributed by atoms with Crippen molar-refractivity contribution in [1.82, 2.24) is 10.2 Å². The highest BCUT2D eigenvalue weighted by atomic mass is 15.1. The van der Waals surface area contributed by atoms with Gasteiger partial charge in [-0.3, -0.25) is 0 Å². The van der Waals surface area contributed by atoms with E-state index in [4.69, 9.17) is 0 Å². The van der Waals surface area contributed by atoms with Gasteiger partial charge in [-0.1, -0.05) is 20.8 Å². The van der Waals surface area contributed by atoms with Crippen LogP contribution in [0.3, 0.4) is 0 Å². The molecule has 0 spiro atoms. The van der Waals surface area contributed by atoms with Gasteiger partial charge < -0.3 is 10.2 Å². The second kappa shape index (κ2) is 6.75. The lowest BCUT2D eigenvalue weighted by atomic mass is 9.70. The average Bonchev–Trinajstić information content (AvgIpc) is 2.23. The Morgan fingerprint density at radius 1 is 1.06 bits per heavy atom. The molecule has 1 aliphatic carbocycles. The van der Waals surface area contributed by atoms with Crippen molar-refractivity contribution in [3.8, 4) is 0 Å². The molecule has 1 rings (SSSR count). The van der Waals surface area contributed by atoms with Crippen LogP contribution in [0.5, 0.6) is 0 Å². The second-order valence-electron chi connectivity index (χ2n) is 7.09. The zero-order valence-corrected chi connectivity index (χ0v) is 12.6. The topological polar surface area (TPSA) is 15.3 Å². The third kappa shape index (κ3) is 5.87. The molecule has 2 nitrogen and oxygen atoms in total. The molecule has 2 heteroatoms. The molecule has 0 atom stereocenters. The van der Waals surface area contributed by atoms with Crippen molar-refractivity contribution in [3.05, 3.63) is 0 Å². The molecule has 0 unspecified atom stereocenters. The van der Waals surface area contributed by atoms with E-state index in [1.807, 2.05) is 0 Å². The predicted octanol–water partition coefficient (Wildman–Crippen LogP) is 2.99. The van der Waals surface area contributed by atoms with Gasteiger partial charge in [-0.05, 0) is 63.6 Å². The van der Waals surface area contributed by atoms with Gasteiger partial charge in [-0.25, -0.2) is 0 Å². The van der Waals surface area contributed by atoms with E-state index in [1.54, 1.807) is 0 Å². The Hall–Kier alpha value is -0.0800. The van der Waals surface area contributed by atoms with E-state index in [0.717, 1.165) is 24.9 Å². The number of nitrogens with zero attached hydrogens (tertiary/aromatic N) is 1. The maximum absolute atomic E-state index is 3.60. The van der Waals surface area contributed by atoms with Gasteiger partial charge in [0.2, 0.25) is 0 Å². The fourth-order valence-corrected chi connectivity index (χ4v) is 2.84. The number of hydrogen-bond acceptors (Lipinski definition) is 2. The third-order valence-electron chi connectivity index (χ3n) is 4.24. The van der Waals surface area contributed by atoms with Gasteiger partial charge >= 0.3 is 0 Å². The van der Waals surface area contributed by atoms with Crippen LogP contribution in [-0.2, 0) is 0 Å². The number of rotatable bonds is 5. The monoisotopic (exact) mass is 240 g/mol. The van der Waals surface area contributed by atoms with Crippen LogP contribution >= 0.6 is 0 Å². The van der Waals surface area contributed by atoms with Gasteiger partial charge in [0.1, 0.15) is 0 Å². The maximum atomic E-state index is 3.60. The van der Waals surface area contributed by atoms with Crippen molar-refractivity contribution in [2.45, 2.75) is 46.5 Å². The minimum atomic E-state index is 0.517. The molecule has 0 aromatic carbocycles. The lowest BCUT2D eigenvalue weighted by Gasteiger charge is -2.37. The molecular weight excluding hydrogens is 208 g/mol. The lowest BCUT2D eigenvalue weighted by molar-refractivity contribution is 0.149. The summed E-state index contributed by atoms with van der Waals surface area (Å²) < 4.78 is 0. The lowest BCUT2D eigenvalue weighted by Crippen LogP contribution is -2.33. The summed E-state index contributed by atoms with van der Waals surface area (Å²) in [6.07, 6.45) is 5.72. The van der Waals surface area contributed by atoms with Crippen LogP contribution in [0.2, 0.25) is 0 Å². The number of nitrogens with one attached hydrogen (secondary N) is 1. The summed E-state index contributed by atoms with van der Waals surface area (Å²) in [5, 5.41) is 3.60. The first-order chi connectivity index (χ1) is 7.89. The number of likely N-dealkylation sites (N-methyl/N-ethyl adjacent to an activating group) is 1. The number of hydrogen-bond donors (Lipinski definition) is 1. The highest BCUT2D eigenvalue weighted by Gasteiger charge is 2.29. The van der Waals surface area contributed by atoms with Crippen molar-refractivity contribution < 1.29 is 0 Å². The van der Waals surface area contributed by atoms with Gasteiger partial charge in [-0.2, -0.15) is 0 Å². The Kier molecular flexibility index (Phi) is 5.94. The summed E-state index contributed by atoms with van der Waals surface area (Å²) in [6, 6.07) is 0. The van der Waals surface area contributed by atoms with E-state index in [0.29, 0.717) is 5.41 Å². The molecule has 17 heavy (non-hydrogen) atoms. The summed E-state index contributed by atoms with van der Waals surface area (Å²) in [6.45, 7) is 10.7. The second-order valence-corrected chi connectivity index (χ2v) is 7.09. The van der Waals surface area contributed by atoms with Crippen molar-refractivity contribution >= 4 is 0 Å². The minimum Gasteiger partial charge on any atom is -0.315 e. The molecule has 0 aliphatic heterocycles. The van der Waals surface area contributed by atoms with Crippen LogP contribution < -0.4 is 5.32 Å². The van der Waals surface area contributed by atoms with E-state index >= 15 is 0 Å².